The second-order valence-corrected chi connectivity index (χ2v) is 9.58. The summed E-state index contributed by atoms with van der Waals surface area (Å²) in [5.74, 6) is 0.190. The number of benzene rings is 3. The normalized spacial score (nSPS) is 11.0. The maximum Gasteiger partial charge on any atom is 0.264 e. The van der Waals surface area contributed by atoms with Gasteiger partial charge in [-0.15, -0.1) is 0 Å². The molecule has 0 saturated carbocycles. The van der Waals surface area contributed by atoms with Crippen LogP contribution in [0.3, 0.4) is 0 Å². The quantitative estimate of drug-likeness (QED) is 0.459. The Balaban J connectivity index is 1.93. The summed E-state index contributed by atoms with van der Waals surface area (Å²) in [5, 5.41) is 3.58. The van der Waals surface area contributed by atoms with Gasteiger partial charge in [-0.1, -0.05) is 47.5 Å². The second kappa shape index (κ2) is 10.8. The van der Waals surface area contributed by atoms with Crippen LogP contribution < -0.4 is 19.1 Å². The highest BCUT2D eigenvalue weighted by atomic mass is 35.5. The topological polar surface area (TPSA) is 84.9 Å². The number of ether oxygens (including phenoxy) is 2. The van der Waals surface area contributed by atoms with E-state index in [1.165, 1.54) is 32.4 Å². The summed E-state index contributed by atoms with van der Waals surface area (Å²) >= 11 is 12.1. The van der Waals surface area contributed by atoms with Crippen molar-refractivity contribution < 1.29 is 22.7 Å². The Morgan fingerprint density at radius 1 is 0.970 bits per heavy atom. The van der Waals surface area contributed by atoms with Crippen molar-refractivity contribution in [1.29, 1.82) is 0 Å². The molecule has 0 aliphatic rings. The standard InChI is InChI=1S/C23H22Cl2N2O5S/c1-31-18-10-11-21(22(13-18)32-2)27(33(29,30)19-6-4-3-5-7-19)15-23(28)26-14-16-8-9-17(24)12-20(16)25/h3-13H,14-15H2,1-2H3,(H,26,28). The third-order valence-electron chi connectivity index (χ3n) is 4.77. The summed E-state index contributed by atoms with van der Waals surface area (Å²) in [6, 6.07) is 17.4. The molecule has 0 spiro atoms. The van der Waals surface area contributed by atoms with Crippen LogP contribution in [-0.2, 0) is 21.4 Å². The molecule has 3 aromatic carbocycles. The molecule has 10 heteroatoms. The zero-order valence-electron chi connectivity index (χ0n) is 17.9. The fraction of sp³-hybridized carbons (Fsp3) is 0.174. The lowest BCUT2D eigenvalue weighted by Crippen LogP contribution is -2.40. The first-order valence-corrected chi connectivity index (χ1v) is 12.0. The van der Waals surface area contributed by atoms with Gasteiger partial charge in [-0.2, -0.15) is 0 Å². The van der Waals surface area contributed by atoms with Crippen LogP contribution in [0.4, 0.5) is 5.69 Å². The van der Waals surface area contributed by atoms with Crippen molar-refractivity contribution in [1.82, 2.24) is 5.32 Å². The Kier molecular flexibility index (Phi) is 8.07. The predicted molar refractivity (Wildman–Crippen MR) is 129 cm³/mol. The molecule has 3 rings (SSSR count). The van der Waals surface area contributed by atoms with E-state index in [9.17, 15) is 13.2 Å². The van der Waals surface area contributed by atoms with Crippen LogP contribution in [0.1, 0.15) is 5.56 Å². The molecule has 0 saturated heterocycles. The van der Waals surface area contributed by atoms with Gasteiger partial charge in [-0.05, 0) is 42.0 Å². The molecule has 0 fully saturated rings. The molecular weight excluding hydrogens is 487 g/mol. The van der Waals surface area contributed by atoms with E-state index in [0.29, 0.717) is 21.4 Å². The Bertz CT molecular complexity index is 1240. The third kappa shape index (κ3) is 5.90. The van der Waals surface area contributed by atoms with Crippen LogP contribution in [0.15, 0.2) is 71.6 Å². The average Bonchev–Trinajstić information content (AvgIpc) is 2.82. The molecule has 0 aromatic heterocycles. The molecular formula is C23H22Cl2N2O5S. The highest BCUT2D eigenvalue weighted by molar-refractivity contribution is 7.92. The largest absolute Gasteiger partial charge is 0.497 e. The van der Waals surface area contributed by atoms with E-state index < -0.39 is 22.5 Å². The molecule has 0 atom stereocenters. The average molecular weight is 509 g/mol. The summed E-state index contributed by atoms with van der Waals surface area (Å²) in [4.78, 5) is 12.9. The van der Waals surface area contributed by atoms with Gasteiger partial charge in [0.25, 0.3) is 10.0 Å². The van der Waals surface area contributed by atoms with Crippen LogP contribution in [-0.4, -0.2) is 35.1 Å². The van der Waals surface area contributed by atoms with E-state index in [0.717, 1.165) is 4.31 Å². The number of halogens is 2. The zero-order chi connectivity index (χ0) is 24.0. The number of hydrogen-bond donors (Lipinski definition) is 1. The fourth-order valence-electron chi connectivity index (χ4n) is 3.06. The van der Waals surface area contributed by atoms with E-state index >= 15 is 0 Å². The van der Waals surface area contributed by atoms with Crippen molar-refractivity contribution in [2.45, 2.75) is 11.4 Å². The van der Waals surface area contributed by atoms with Crippen molar-refractivity contribution in [3.8, 4) is 11.5 Å². The number of amides is 1. The number of hydrogen-bond acceptors (Lipinski definition) is 5. The Hall–Kier alpha value is -2.94. The van der Waals surface area contributed by atoms with Crippen molar-refractivity contribution in [3.63, 3.8) is 0 Å². The minimum absolute atomic E-state index is 0.0383. The zero-order valence-corrected chi connectivity index (χ0v) is 20.2. The van der Waals surface area contributed by atoms with Crippen molar-refractivity contribution in [3.05, 3.63) is 82.3 Å². The number of anilines is 1. The summed E-state index contributed by atoms with van der Waals surface area (Å²) < 4.78 is 38.6. The molecule has 1 amide bonds. The number of carbonyl (C=O) groups excluding carboxylic acids is 1. The van der Waals surface area contributed by atoms with Gasteiger partial charge in [0, 0.05) is 22.7 Å². The molecule has 0 unspecified atom stereocenters. The predicted octanol–water partition coefficient (Wildman–Crippen LogP) is 4.52. The molecule has 1 N–H and O–H groups in total. The maximum absolute atomic E-state index is 13.5. The number of nitrogens with zero attached hydrogens (tertiary/aromatic N) is 1. The number of carbonyl (C=O) groups is 1. The summed E-state index contributed by atoms with van der Waals surface area (Å²) in [6.07, 6.45) is 0. The molecule has 7 nitrogen and oxygen atoms in total. The van der Waals surface area contributed by atoms with Gasteiger partial charge in [-0.3, -0.25) is 9.10 Å². The first-order chi connectivity index (χ1) is 15.8. The molecule has 174 valence electrons. The van der Waals surface area contributed by atoms with Crippen molar-refractivity contribution in [2.24, 2.45) is 0 Å². The Morgan fingerprint density at radius 3 is 2.33 bits per heavy atom. The smallest absolute Gasteiger partial charge is 0.264 e. The van der Waals surface area contributed by atoms with Gasteiger partial charge in [0.05, 0.1) is 24.8 Å². The van der Waals surface area contributed by atoms with Crippen LogP contribution in [0.5, 0.6) is 11.5 Å². The lowest BCUT2D eigenvalue weighted by Gasteiger charge is -2.26. The first-order valence-electron chi connectivity index (χ1n) is 9.76. The van der Waals surface area contributed by atoms with Crippen LogP contribution in [0.2, 0.25) is 10.0 Å². The molecule has 3 aromatic rings. The van der Waals surface area contributed by atoms with E-state index in [1.54, 1.807) is 48.5 Å². The van der Waals surface area contributed by atoms with E-state index in [-0.39, 0.29) is 22.9 Å². The lowest BCUT2D eigenvalue weighted by atomic mass is 10.2. The minimum Gasteiger partial charge on any atom is -0.497 e. The lowest BCUT2D eigenvalue weighted by molar-refractivity contribution is -0.119. The number of sulfonamides is 1. The van der Waals surface area contributed by atoms with Crippen LogP contribution in [0, 0.1) is 0 Å². The van der Waals surface area contributed by atoms with Gasteiger partial charge < -0.3 is 14.8 Å². The van der Waals surface area contributed by atoms with Crippen LogP contribution in [0.25, 0.3) is 0 Å². The molecule has 0 aliphatic heterocycles. The summed E-state index contributed by atoms with van der Waals surface area (Å²) in [7, 11) is -1.19. The Labute approximate surface area is 202 Å². The van der Waals surface area contributed by atoms with Crippen molar-refractivity contribution in [2.75, 3.05) is 25.1 Å². The molecule has 33 heavy (non-hydrogen) atoms. The van der Waals surface area contributed by atoms with Gasteiger partial charge in [0.15, 0.2) is 0 Å². The maximum atomic E-state index is 13.5. The van der Waals surface area contributed by atoms with Gasteiger partial charge in [-0.25, -0.2) is 8.42 Å². The SMILES string of the molecule is COc1ccc(N(CC(=O)NCc2ccc(Cl)cc2Cl)S(=O)(=O)c2ccccc2)c(OC)c1. The monoisotopic (exact) mass is 508 g/mol. The molecule has 0 heterocycles. The number of nitrogens with one attached hydrogen (secondary N) is 1. The van der Waals surface area contributed by atoms with E-state index in [2.05, 4.69) is 5.32 Å². The molecule has 0 bridgehead atoms. The Morgan fingerprint density at radius 2 is 1.70 bits per heavy atom. The van der Waals surface area contributed by atoms with E-state index in [4.69, 9.17) is 32.7 Å². The van der Waals surface area contributed by atoms with E-state index in [1.807, 2.05) is 0 Å². The molecule has 0 aliphatic carbocycles. The van der Waals surface area contributed by atoms with Crippen molar-refractivity contribution >= 4 is 44.8 Å². The number of methoxy groups -OCH3 is 2. The minimum atomic E-state index is -4.09. The fourth-order valence-corrected chi connectivity index (χ4v) is 4.98. The van der Waals surface area contributed by atoms with Gasteiger partial charge in [0.2, 0.25) is 5.91 Å². The number of rotatable bonds is 9. The van der Waals surface area contributed by atoms with Gasteiger partial charge in [0.1, 0.15) is 18.0 Å². The summed E-state index contributed by atoms with van der Waals surface area (Å²) in [5.41, 5.74) is 0.843. The second-order valence-electron chi connectivity index (χ2n) is 6.87. The highest BCUT2D eigenvalue weighted by Crippen LogP contribution is 2.35. The summed E-state index contributed by atoms with van der Waals surface area (Å²) in [6.45, 7) is -0.376. The van der Waals surface area contributed by atoms with Gasteiger partial charge >= 0.3 is 0 Å². The highest BCUT2D eigenvalue weighted by Gasteiger charge is 2.29. The third-order valence-corrected chi connectivity index (χ3v) is 7.13. The molecule has 0 radical (unpaired) electrons. The van der Waals surface area contributed by atoms with Crippen LogP contribution >= 0.6 is 23.2 Å². The first kappa shape index (κ1) is 24.7.